The van der Waals surface area contributed by atoms with E-state index in [1.54, 1.807) is 0 Å². The highest BCUT2D eigenvalue weighted by Gasteiger charge is 2.32. The number of aryl methyl sites for hydroxylation is 1. The van der Waals surface area contributed by atoms with Gasteiger partial charge in [0.1, 0.15) is 0 Å². The van der Waals surface area contributed by atoms with E-state index in [1.807, 2.05) is 24.3 Å². The SMILES string of the molecule is Cc1cccc(N2CCN(CCCCN3C(=O)CC(c4ccc(Cl)cc4)CC3=O)CC2)c1C. The highest BCUT2D eigenvalue weighted by Crippen LogP contribution is 2.30. The first-order valence-electron chi connectivity index (χ1n) is 12.0. The lowest BCUT2D eigenvalue weighted by Crippen LogP contribution is -2.47. The number of rotatable bonds is 7. The van der Waals surface area contributed by atoms with Gasteiger partial charge in [-0.25, -0.2) is 0 Å². The van der Waals surface area contributed by atoms with Crippen molar-refractivity contribution in [3.63, 3.8) is 0 Å². The number of hydrogen-bond donors (Lipinski definition) is 0. The van der Waals surface area contributed by atoms with Gasteiger partial charge < -0.3 is 4.90 Å². The highest BCUT2D eigenvalue weighted by atomic mass is 35.5. The van der Waals surface area contributed by atoms with Crippen LogP contribution < -0.4 is 4.90 Å². The summed E-state index contributed by atoms with van der Waals surface area (Å²) in [6.45, 7) is 10.1. The van der Waals surface area contributed by atoms with Crippen molar-refractivity contribution in [2.24, 2.45) is 0 Å². The van der Waals surface area contributed by atoms with Crippen molar-refractivity contribution in [3.8, 4) is 0 Å². The third-order valence-electron chi connectivity index (χ3n) is 7.18. The average molecular weight is 468 g/mol. The normalized spacial score (nSPS) is 18.3. The van der Waals surface area contributed by atoms with E-state index in [-0.39, 0.29) is 17.7 Å². The molecule has 2 heterocycles. The van der Waals surface area contributed by atoms with Crippen LogP contribution in [0.4, 0.5) is 5.69 Å². The van der Waals surface area contributed by atoms with Crippen LogP contribution in [0.1, 0.15) is 48.3 Å². The van der Waals surface area contributed by atoms with E-state index in [1.165, 1.54) is 21.7 Å². The smallest absolute Gasteiger partial charge is 0.229 e. The molecule has 2 fully saturated rings. The van der Waals surface area contributed by atoms with Crippen molar-refractivity contribution >= 4 is 29.1 Å². The van der Waals surface area contributed by atoms with Crippen molar-refractivity contribution < 1.29 is 9.59 Å². The zero-order valence-electron chi connectivity index (χ0n) is 19.7. The van der Waals surface area contributed by atoms with E-state index in [0.717, 1.165) is 51.1 Å². The van der Waals surface area contributed by atoms with Gasteiger partial charge in [-0.2, -0.15) is 0 Å². The third kappa shape index (κ3) is 5.77. The summed E-state index contributed by atoms with van der Waals surface area (Å²) in [4.78, 5) is 31.7. The number of piperazine rings is 1. The predicted octanol–water partition coefficient (Wildman–Crippen LogP) is 4.79. The Bertz CT molecular complexity index is 965. The minimum Gasteiger partial charge on any atom is -0.369 e. The maximum atomic E-state index is 12.6. The quantitative estimate of drug-likeness (QED) is 0.433. The van der Waals surface area contributed by atoms with Gasteiger partial charge in [-0.3, -0.25) is 19.4 Å². The summed E-state index contributed by atoms with van der Waals surface area (Å²) in [5.74, 6) is -0.131. The molecule has 0 aliphatic carbocycles. The summed E-state index contributed by atoms with van der Waals surface area (Å²) in [6, 6.07) is 14.0. The molecule has 2 saturated heterocycles. The molecule has 2 aromatic carbocycles. The molecule has 0 saturated carbocycles. The van der Waals surface area contributed by atoms with E-state index in [4.69, 9.17) is 11.6 Å². The number of carbonyl (C=O) groups is 2. The van der Waals surface area contributed by atoms with E-state index in [9.17, 15) is 9.59 Å². The van der Waals surface area contributed by atoms with Crippen LogP contribution in [-0.4, -0.2) is 60.9 Å². The van der Waals surface area contributed by atoms with Crippen LogP contribution in [0, 0.1) is 13.8 Å². The lowest BCUT2D eigenvalue weighted by atomic mass is 9.88. The van der Waals surface area contributed by atoms with Crippen molar-refractivity contribution in [2.45, 2.75) is 45.4 Å². The lowest BCUT2D eigenvalue weighted by molar-refractivity contribution is -0.148. The van der Waals surface area contributed by atoms with E-state index >= 15 is 0 Å². The van der Waals surface area contributed by atoms with Crippen molar-refractivity contribution in [1.82, 2.24) is 9.80 Å². The number of benzene rings is 2. The Morgan fingerprint density at radius 3 is 2.15 bits per heavy atom. The van der Waals surface area contributed by atoms with E-state index in [0.29, 0.717) is 24.4 Å². The molecule has 0 aromatic heterocycles. The number of unbranched alkanes of at least 4 members (excludes halogenated alkanes) is 1. The minimum atomic E-state index is -0.0478. The zero-order chi connectivity index (χ0) is 23.4. The van der Waals surface area contributed by atoms with E-state index in [2.05, 4.69) is 41.8 Å². The maximum absolute atomic E-state index is 12.6. The minimum absolute atomic E-state index is 0.0353. The van der Waals surface area contributed by atoms with Gasteiger partial charge in [0.15, 0.2) is 0 Å². The summed E-state index contributed by atoms with van der Waals surface area (Å²) in [5, 5.41) is 0.667. The molecule has 0 atom stereocenters. The monoisotopic (exact) mass is 467 g/mol. The molecule has 0 N–H and O–H groups in total. The molecular formula is C27H34ClN3O2. The fraction of sp³-hybridized carbons (Fsp3) is 0.481. The van der Waals surface area contributed by atoms with Crippen LogP contribution in [0.5, 0.6) is 0 Å². The van der Waals surface area contributed by atoms with Crippen LogP contribution in [0.25, 0.3) is 0 Å². The summed E-state index contributed by atoms with van der Waals surface area (Å²) in [7, 11) is 0. The van der Waals surface area contributed by atoms with Crippen LogP contribution >= 0.6 is 11.6 Å². The summed E-state index contributed by atoms with van der Waals surface area (Å²) in [6.07, 6.45) is 2.66. The second-order valence-corrected chi connectivity index (χ2v) is 9.79. The molecule has 0 radical (unpaired) electrons. The van der Waals surface area contributed by atoms with Gasteiger partial charge in [0, 0.05) is 62.2 Å². The number of hydrogen-bond acceptors (Lipinski definition) is 4. The number of piperidine rings is 1. The molecule has 4 rings (SSSR count). The van der Waals surface area contributed by atoms with Gasteiger partial charge in [0.25, 0.3) is 0 Å². The van der Waals surface area contributed by atoms with Gasteiger partial charge in [0.05, 0.1) is 0 Å². The van der Waals surface area contributed by atoms with Crippen molar-refractivity contribution in [2.75, 3.05) is 44.2 Å². The number of imide groups is 1. The molecule has 2 aromatic rings. The molecule has 2 amide bonds. The standard InChI is InChI=1S/C27H34ClN3O2/c1-20-6-5-7-25(21(20)2)30-16-14-29(15-17-30)12-3-4-13-31-26(32)18-23(19-27(31)33)22-8-10-24(28)11-9-22/h5-11,23H,3-4,12-19H2,1-2H3. The number of nitrogens with zero attached hydrogens (tertiary/aromatic N) is 3. The van der Waals surface area contributed by atoms with Crippen LogP contribution in [0.2, 0.25) is 5.02 Å². The van der Waals surface area contributed by atoms with Gasteiger partial charge >= 0.3 is 0 Å². The number of likely N-dealkylation sites (tertiary alicyclic amines) is 1. The Balaban J connectivity index is 1.18. The summed E-state index contributed by atoms with van der Waals surface area (Å²) >= 11 is 5.96. The highest BCUT2D eigenvalue weighted by molar-refractivity contribution is 6.30. The summed E-state index contributed by atoms with van der Waals surface area (Å²) in [5.41, 5.74) is 5.09. The molecule has 33 heavy (non-hydrogen) atoms. The Labute approximate surface area is 202 Å². The van der Waals surface area contributed by atoms with Crippen LogP contribution in [-0.2, 0) is 9.59 Å². The second-order valence-electron chi connectivity index (χ2n) is 9.35. The van der Waals surface area contributed by atoms with Gasteiger partial charge in [-0.1, -0.05) is 35.9 Å². The fourth-order valence-electron chi connectivity index (χ4n) is 4.97. The maximum Gasteiger partial charge on any atom is 0.229 e. The molecule has 5 nitrogen and oxygen atoms in total. The second kappa shape index (κ2) is 10.7. The Kier molecular flexibility index (Phi) is 7.71. The fourth-order valence-corrected chi connectivity index (χ4v) is 5.10. The van der Waals surface area contributed by atoms with Crippen molar-refractivity contribution in [1.29, 1.82) is 0 Å². The molecule has 176 valence electrons. The van der Waals surface area contributed by atoms with Crippen LogP contribution in [0.15, 0.2) is 42.5 Å². The molecule has 2 aliphatic heterocycles. The first-order chi connectivity index (χ1) is 15.9. The summed E-state index contributed by atoms with van der Waals surface area (Å²) < 4.78 is 0. The molecule has 2 aliphatic rings. The predicted molar refractivity (Wildman–Crippen MR) is 134 cm³/mol. The topological polar surface area (TPSA) is 43.9 Å². The number of amides is 2. The van der Waals surface area contributed by atoms with Gasteiger partial charge in [0.2, 0.25) is 11.8 Å². The number of anilines is 1. The molecular weight excluding hydrogens is 434 g/mol. The Hall–Kier alpha value is -2.37. The zero-order valence-corrected chi connectivity index (χ0v) is 20.5. The first-order valence-corrected chi connectivity index (χ1v) is 12.4. The molecule has 0 spiro atoms. The number of carbonyl (C=O) groups excluding carboxylic acids is 2. The van der Waals surface area contributed by atoms with Gasteiger partial charge in [-0.15, -0.1) is 0 Å². The number of halogens is 1. The third-order valence-corrected chi connectivity index (χ3v) is 7.43. The van der Waals surface area contributed by atoms with Gasteiger partial charge in [-0.05, 0) is 68.1 Å². The Morgan fingerprint density at radius 1 is 0.848 bits per heavy atom. The lowest BCUT2D eigenvalue weighted by Gasteiger charge is -2.37. The largest absolute Gasteiger partial charge is 0.369 e. The molecule has 0 unspecified atom stereocenters. The molecule has 0 bridgehead atoms. The molecule has 6 heteroatoms. The van der Waals surface area contributed by atoms with Crippen LogP contribution in [0.3, 0.4) is 0 Å². The first kappa shape index (κ1) is 23.8. The Morgan fingerprint density at radius 2 is 1.48 bits per heavy atom. The van der Waals surface area contributed by atoms with Crippen molar-refractivity contribution in [3.05, 3.63) is 64.2 Å². The average Bonchev–Trinajstić information content (AvgIpc) is 2.81. The van der Waals surface area contributed by atoms with E-state index < -0.39 is 0 Å².